The van der Waals surface area contributed by atoms with E-state index in [2.05, 4.69) is 93.6 Å². The first kappa shape index (κ1) is 26.5. The number of benzene rings is 4. The van der Waals surface area contributed by atoms with Crippen LogP contribution in [0.2, 0.25) is 0 Å². The lowest BCUT2D eigenvalue weighted by atomic mass is 9.85. The third-order valence-corrected chi connectivity index (χ3v) is 7.66. The molecule has 0 heterocycles. The fourth-order valence-electron chi connectivity index (χ4n) is 5.50. The maximum atomic E-state index is 5.92. The van der Waals surface area contributed by atoms with Crippen molar-refractivity contribution in [1.29, 1.82) is 0 Å². The van der Waals surface area contributed by atoms with Gasteiger partial charge in [0.25, 0.3) is 0 Å². The molecule has 4 aromatic carbocycles. The molecule has 3 unspecified atom stereocenters. The summed E-state index contributed by atoms with van der Waals surface area (Å²) in [6.45, 7) is 6.85. The van der Waals surface area contributed by atoms with E-state index in [4.69, 9.17) is 11.5 Å². The topological polar surface area (TPSA) is 52.0 Å². The molecule has 0 saturated heterocycles. The molecule has 0 aliphatic rings. The Morgan fingerprint density at radius 2 is 0.811 bits per heavy atom. The van der Waals surface area contributed by atoms with E-state index < -0.39 is 0 Å². The number of nitrogens with two attached hydrogens (primary N) is 2. The van der Waals surface area contributed by atoms with E-state index in [9.17, 15) is 0 Å². The molecule has 0 aliphatic carbocycles. The van der Waals surface area contributed by atoms with Crippen LogP contribution in [0.15, 0.2) is 97.1 Å². The van der Waals surface area contributed by atoms with Crippen molar-refractivity contribution in [2.75, 3.05) is 11.5 Å². The Bertz CT molecular complexity index is 1220. The Morgan fingerprint density at radius 1 is 0.486 bits per heavy atom. The zero-order chi connectivity index (χ0) is 26.2. The Kier molecular flexibility index (Phi) is 9.06. The summed E-state index contributed by atoms with van der Waals surface area (Å²) in [5.41, 5.74) is 21.7. The van der Waals surface area contributed by atoms with E-state index in [-0.39, 0.29) is 0 Å². The number of rotatable bonds is 11. The molecule has 2 nitrogen and oxygen atoms in total. The summed E-state index contributed by atoms with van der Waals surface area (Å²) in [6.07, 6.45) is 5.63. The Labute approximate surface area is 223 Å². The normalized spacial score (nSPS) is 13.7. The van der Waals surface area contributed by atoms with Crippen molar-refractivity contribution in [3.05, 3.63) is 130 Å². The fraction of sp³-hybridized carbons (Fsp3) is 0.314. The Hall–Kier alpha value is -3.52. The highest BCUT2D eigenvalue weighted by Crippen LogP contribution is 2.33. The lowest BCUT2D eigenvalue weighted by molar-refractivity contribution is 0.695. The molecule has 2 heteroatoms. The minimum absolute atomic E-state index is 0.416. The van der Waals surface area contributed by atoms with Crippen LogP contribution in [0, 0.1) is 0 Å². The number of hydrogen-bond donors (Lipinski definition) is 2. The van der Waals surface area contributed by atoms with Crippen LogP contribution in [0.3, 0.4) is 0 Å². The molecule has 4 N–H and O–H groups in total. The lowest BCUT2D eigenvalue weighted by Gasteiger charge is -2.20. The van der Waals surface area contributed by atoms with E-state index in [1.54, 1.807) is 0 Å². The molecule has 37 heavy (non-hydrogen) atoms. The minimum atomic E-state index is 0.416. The molecular formula is C35H42N2. The van der Waals surface area contributed by atoms with Crippen molar-refractivity contribution in [2.24, 2.45) is 0 Å². The largest absolute Gasteiger partial charge is 0.399 e. The van der Waals surface area contributed by atoms with E-state index in [1.807, 2.05) is 24.3 Å². The van der Waals surface area contributed by atoms with Crippen LogP contribution in [0.4, 0.5) is 11.4 Å². The number of nitrogen functional groups attached to an aromatic ring is 2. The second kappa shape index (κ2) is 12.6. The third-order valence-electron chi connectivity index (χ3n) is 7.66. The van der Waals surface area contributed by atoms with Gasteiger partial charge >= 0.3 is 0 Å². The minimum Gasteiger partial charge on any atom is -0.399 e. The van der Waals surface area contributed by atoms with E-state index in [1.165, 1.54) is 33.4 Å². The van der Waals surface area contributed by atoms with Gasteiger partial charge < -0.3 is 11.5 Å². The van der Waals surface area contributed by atoms with Gasteiger partial charge in [-0.25, -0.2) is 0 Å². The molecule has 0 spiro atoms. The quantitative estimate of drug-likeness (QED) is 0.206. The average molecular weight is 491 g/mol. The van der Waals surface area contributed by atoms with Crippen molar-refractivity contribution in [1.82, 2.24) is 0 Å². The highest BCUT2D eigenvalue weighted by molar-refractivity contribution is 5.44. The molecule has 0 fully saturated rings. The van der Waals surface area contributed by atoms with Crippen LogP contribution in [0.5, 0.6) is 0 Å². The van der Waals surface area contributed by atoms with Crippen molar-refractivity contribution >= 4 is 11.4 Å². The van der Waals surface area contributed by atoms with Gasteiger partial charge in [0.1, 0.15) is 0 Å². The van der Waals surface area contributed by atoms with Crippen molar-refractivity contribution in [3.63, 3.8) is 0 Å². The summed E-state index contributed by atoms with van der Waals surface area (Å²) in [4.78, 5) is 0. The first-order valence-electron chi connectivity index (χ1n) is 13.9. The van der Waals surface area contributed by atoms with Gasteiger partial charge in [0.05, 0.1) is 0 Å². The second-order valence-electron chi connectivity index (χ2n) is 10.5. The molecule has 0 radical (unpaired) electrons. The highest BCUT2D eigenvalue weighted by atomic mass is 14.5. The summed E-state index contributed by atoms with van der Waals surface area (Å²) < 4.78 is 0. The maximum Gasteiger partial charge on any atom is 0.0314 e. The monoisotopic (exact) mass is 490 g/mol. The fourth-order valence-corrected chi connectivity index (χ4v) is 5.50. The van der Waals surface area contributed by atoms with Crippen LogP contribution < -0.4 is 11.5 Å². The van der Waals surface area contributed by atoms with Gasteiger partial charge in [-0.15, -0.1) is 0 Å². The zero-order valence-corrected chi connectivity index (χ0v) is 22.7. The number of anilines is 2. The van der Waals surface area contributed by atoms with Gasteiger partial charge in [0.2, 0.25) is 0 Å². The smallest absolute Gasteiger partial charge is 0.0314 e. The maximum absolute atomic E-state index is 5.92. The third kappa shape index (κ3) is 6.83. The second-order valence-corrected chi connectivity index (χ2v) is 10.5. The van der Waals surface area contributed by atoms with E-state index in [0.717, 1.165) is 43.5 Å². The SMILES string of the molecule is CCCC(c1ccc(N)cc1)c1ccc(CC(C)c2ccc(C(CCC)c3ccc(N)cc3)cc2)cc1. The Morgan fingerprint density at radius 3 is 1.19 bits per heavy atom. The molecule has 4 aromatic rings. The van der Waals surface area contributed by atoms with Gasteiger partial charge in [-0.3, -0.25) is 0 Å². The standard InChI is InChI=1S/C35H42N2/c1-4-6-34(30-16-20-32(36)21-17-30)28-10-8-26(9-11-28)24-25(3)27-12-14-29(15-13-27)35(7-5-2)31-18-22-33(37)23-19-31/h8-23,25,34-35H,4-7,24,36-37H2,1-3H3. The average Bonchev–Trinajstić information content (AvgIpc) is 2.92. The first-order valence-corrected chi connectivity index (χ1v) is 13.9. The van der Waals surface area contributed by atoms with Crippen LogP contribution in [0.25, 0.3) is 0 Å². The van der Waals surface area contributed by atoms with Gasteiger partial charge in [-0.2, -0.15) is 0 Å². The predicted molar refractivity (Wildman–Crippen MR) is 160 cm³/mol. The highest BCUT2D eigenvalue weighted by Gasteiger charge is 2.16. The molecule has 0 amide bonds. The molecule has 3 atom stereocenters. The molecule has 0 bridgehead atoms. The summed E-state index contributed by atoms with van der Waals surface area (Å²) in [7, 11) is 0. The van der Waals surface area contributed by atoms with Crippen LogP contribution in [-0.4, -0.2) is 0 Å². The Balaban J connectivity index is 1.45. The molecule has 0 aliphatic heterocycles. The summed E-state index contributed by atoms with van der Waals surface area (Å²) in [6, 6.07) is 35.3. The van der Waals surface area contributed by atoms with Crippen LogP contribution >= 0.6 is 0 Å². The zero-order valence-electron chi connectivity index (χ0n) is 22.7. The summed E-state index contributed by atoms with van der Waals surface area (Å²) in [5.74, 6) is 1.30. The first-order chi connectivity index (χ1) is 18.0. The lowest BCUT2D eigenvalue weighted by Crippen LogP contribution is -2.04. The van der Waals surface area contributed by atoms with Crippen molar-refractivity contribution in [2.45, 2.75) is 70.6 Å². The van der Waals surface area contributed by atoms with Crippen molar-refractivity contribution in [3.8, 4) is 0 Å². The van der Waals surface area contributed by atoms with E-state index in [0.29, 0.717) is 17.8 Å². The molecule has 4 rings (SSSR count). The number of hydrogen-bond acceptors (Lipinski definition) is 2. The van der Waals surface area contributed by atoms with Crippen LogP contribution in [-0.2, 0) is 6.42 Å². The van der Waals surface area contributed by atoms with Gasteiger partial charge in [0.15, 0.2) is 0 Å². The molecule has 192 valence electrons. The van der Waals surface area contributed by atoms with Gasteiger partial charge in [-0.05, 0) is 82.8 Å². The van der Waals surface area contributed by atoms with E-state index >= 15 is 0 Å². The molecule has 0 saturated carbocycles. The van der Waals surface area contributed by atoms with Gasteiger partial charge in [0, 0.05) is 23.2 Å². The molecule has 0 aromatic heterocycles. The summed E-state index contributed by atoms with van der Waals surface area (Å²) >= 11 is 0. The van der Waals surface area contributed by atoms with Gasteiger partial charge in [-0.1, -0.05) is 106 Å². The predicted octanol–water partition coefficient (Wildman–Crippen LogP) is 9.06. The summed E-state index contributed by atoms with van der Waals surface area (Å²) in [5, 5.41) is 0. The van der Waals surface area contributed by atoms with Crippen LogP contribution in [0.1, 0.15) is 97.6 Å². The van der Waals surface area contributed by atoms with Crippen molar-refractivity contribution < 1.29 is 0 Å². The molecular weight excluding hydrogens is 448 g/mol.